The van der Waals surface area contributed by atoms with E-state index in [-0.39, 0.29) is 6.04 Å². The van der Waals surface area contributed by atoms with E-state index in [1.165, 1.54) is 14.2 Å². The molecule has 0 N–H and O–H groups in total. The maximum Gasteiger partial charge on any atom is 0.490 e. The minimum absolute atomic E-state index is 0.214. The van der Waals surface area contributed by atoms with Crippen molar-refractivity contribution in [3.8, 4) is 0 Å². The number of rotatable bonds is 6. The number of hydrogen-bond donors (Lipinski definition) is 0. The standard InChI is InChI=1S/C7H17F3O3Si2/c1-11-15(12-2,13-14(3)4)6-5-7(8,9)10/h14H,5-6H2,1-4H3. The fourth-order valence-corrected chi connectivity index (χ4v) is 6.38. The second kappa shape index (κ2) is 5.99. The highest BCUT2D eigenvalue weighted by Gasteiger charge is 2.43. The second-order valence-electron chi connectivity index (χ2n) is 3.37. The zero-order valence-corrected chi connectivity index (χ0v) is 11.5. The Morgan fingerprint density at radius 1 is 1.13 bits per heavy atom. The lowest BCUT2D eigenvalue weighted by atomic mass is 10.5. The maximum atomic E-state index is 12.1. The molecule has 0 aromatic rings. The molecule has 0 heterocycles. The van der Waals surface area contributed by atoms with Crippen molar-refractivity contribution in [2.75, 3.05) is 14.2 Å². The van der Waals surface area contributed by atoms with Gasteiger partial charge in [-0.1, -0.05) is 0 Å². The molecule has 0 radical (unpaired) electrons. The van der Waals surface area contributed by atoms with Crippen LogP contribution in [0.2, 0.25) is 19.1 Å². The number of hydrogen-bond acceptors (Lipinski definition) is 3. The normalized spacial score (nSPS) is 13.6. The molecule has 0 aromatic carbocycles. The van der Waals surface area contributed by atoms with E-state index in [0.29, 0.717) is 0 Å². The van der Waals surface area contributed by atoms with E-state index in [2.05, 4.69) is 0 Å². The molecule has 0 aliphatic heterocycles. The Hall–Kier alpha value is 0.104. The largest absolute Gasteiger partial charge is 0.490 e. The van der Waals surface area contributed by atoms with Gasteiger partial charge in [0, 0.05) is 26.7 Å². The molecule has 92 valence electrons. The Bertz CT molecular complexity index is 183. The average molecular weight is 262 g/mol. The first-order valence-electron chi connectivity index (χ1n) is 4.59. The van der Waals surface area contributed by atoms with Crippen molar-refractivity contribution in [2.45, 2.75) is 31.7 Å². The Kier molecular flexibility index (Phi) is 6.03. The molecule has 0 aliphatic rings. The van der Waals surface area contributed by atoms with Gasteiger partial charge in [0.15, 0.2) is 9.04 Å². The van der Waals surface area contributed by atoms with Gasteiger partial charge in [-0.2, -0.15) is 13.2 Å². The van der Waals surface area contributed by atoms with Gasteiger partial charge in [-0.25, -0.2) is 0 Å². The van der Waals surface area contributed by atoms with E-state index in [0.717, 1.165) is 0 Å². The summed E-state index contributed by atoms with van der Waals surface area (Å²) in [6.45, 7) is 3.74. The summed E-state index contributed by atoms with van der Waals surface area (Å²) in [6.07, 6.45) is -5.13. The van der Waals surface area contributed by atoms with Gasteiger partial charge < -0.3 is 13.0 Å². The summed E-state index contributed by atoms with van der Waals surface area (Å²) in [5.41, 5.74) is 0. The van der Waals surface area contributed by atoms with Crippen LogP contribution < -0.4 is 0 Å². The summed E-state index contributed by atoms with van der Waals surface area (Å²) in [5, 5.41) is 0. The van der Waals surface area contributed by atoms with Gasteiger partial charge in [-0.15, -0.1) is 0 Å². The Morgan fingerprint density at radius 2 is 1.60 bits per heavy atom. The van der Waals surface area contributed by atoms with E-state index >= 15 is 0 Å². The molecule has 0 fully saturated rings. The molecular formula is C7H17F3O3Si2. The van der Waals surface area contributed by atoms with Crippen LogP contribution in [0, 0.1) is 0 Å². The molecule has 8 heteroatoms. The van der Waals surface area contributed by atoms with E-state index in [1.807, 2.05) is 13.1 Å². The van der Waals surface area contributed by atoms with Crippen molar-refractivity contribution in [1.29, 1.82) is 0 Å². The van der Waals surface area contributed by atoms with Crippen LogP contribution >= 0.6 is 0 Å². The first-order valence-corrected chi connectivity index (χ1v) is 9.31. The molecule has 15 heavy (non-hydrogen) atoms. The summed E-state index contributed by atoms with van der Waals surface area (Å²) < 4.78 is 51.7. The summed E-state index contributed by atoms with van der Waals surface area (Å²) in [7, 11) is -1.87. The van der Waals surface area contributed by atoms with Crippen LogP contribution in [0.1, 0.15) is 6.42 Å². The van der Waals surface area contributed by atoms with Crippen LogP contribution in [0.15, 0.2) is 0 Å². The van der Waals surface area contributed by atoms with Gasteiger partial charge in [-0.05, 0) is 13.1 Å². The van der Waals surface area contributed by atoms with Gasteiger partial charge in [0.05, 0.1) is 0 Å². The first-order chi connectivity index (χ1) is 6.74. The zero-order valence-electron chi connectivity index (χ0n) is 9.35. The van der Waals surface area contributed by atoms with Crippen LogP contribution in [0.3, 0.4) is 0 Å². The highest BCUT2D eigenvalue weighted by atomic mass is 28.4. The third kappa shape index (κ3) is 6.30. The Morgan fingerprint density at radius 3 is 1.87 bits per heavy atom. The molecule has 0 bridgehead atoms. The van der Waals surface area contributed by atoms with Gasteiger partial charge in [0.2, 0.25) is 0 Å². The quantitative estimate of drug-likeness (QED) is 0.687. The molecule has 0 aromatic heterocycles. The molecule has 0 amide bonds. The molecule has 0 aliphatic carbocycles. The van der Waals surface area contributed by atoms with Crippen LogP contribution in [0.5, 0.6) is 0 Å². The number of halogens is 3. The van der Waals surface area contributed by atoms with Crippen LogP contribution in [-0.2, 0) is 13.0 Å². The van der Waals surface area contributed by atoms with Crippen molar-refractivity contribution < 1.29 is 26.1 Å². The summed E-state index contributed by atoms with van der Waals surface area (Å²) in [5.74, 6) is 0. The molecular weight excluding hydrogens is 245 g/mol. The summed E-state index contributed by atoms with van der Waals surface area (Å²) in [6, 6.07) is -0.214. The second-order valence-corrected chi connectivity index (χ2v) is 9.10. The average Bonchev–Trinajstić information content (AvgIpc) is 2.10. The molecule has 0 saturated carbocycles. The molecule has 0 spiro atoms. The third-order valence-electron chi connectivity index (χ3n) is 1.75. The van der Waals surface area contributed by atoms with Crippen LogP contribution in [0.4, 0.5) is 13.2 Å². The van der Waals surface area contributed by atoms with Gasteiger partial charge >= 0.3 is 15.0 Å². The van der Waals surface area contributed by atoms with Crippen molar-refractivity contribution in [2.24, 2.45) is 0 Å². The maximum absolute atomic E-state index is 12.1. The number of alkyl halides is 3. The van der Waals surface area contributed by atoms with Gasteiger partial charge in [0.1, 0.15) is 0 Å². The van der Waals surface area contributed by atoms with E-state index in [4.69, 9.17) is 13.0 Å². The predicted octanol–water partition coefficient (Wildman–Crippen LogP) is 2.17. The lowest BCUT2D eigenvalue weighted by Gasteiger charge is -2.28. The molecule has 0 atom stereocenters. The van der Waals surface area contributed by atoms with Crippen LogP contribution in [-0.4, -0.2) is 38.2 Å². The smallest absolute Gasteiger partial charge is 0.419 e. The monoisotopic (exact) mass is 262 g/mol. The topological polar surface area (TPSA) is 27.7 Å². The Labute approximate surface area is 90.6 Å². The van der Waals surface area contributed by atoms with Crippen molar-refractivity contribution in [1.82, 2.24) is 0 Å². The Balaban J connectivity index is 4.37. The molecule has 3 nitrogen and oxygen atoms in total. The van der Waals surface area contributed by atoms with Crippen molar-refractivity contribution in [3.63, 3.8) is 0 Å². The van der Waals surface area contributed by atoms with Gasteiger partial charge in [0.25, 0.3) is 0 Å². The minimum Gasteiger partial charge on any atom is -0.419 e. The fourth-order valence-electron chi connectivity index (χ4n) is 1.10. The molecule has 0 saturated heterocycles. The summed E-state index contributed by atoms with van der Waals surface area (Å²) in [4.78, 5) is 0. The van der Waals surface area contributed by atoms with Crippen LogP contribution in [0.25, 0.3) is 0 Å². The lowest BCUT2D eigenvalue weighted by molar-refractivity contribution is -0.132. The highest BCUT2D eigenvalue weighted by Crippen LogP contribution is 2.27. The van der Waals surface area contributed by atoms with Crippen molar-refractivity contribution in [3.05, 3.63) is 0 Å². The minimum atomic E-state index is -4.20. The van der Waals surface area contributed by atoms with E-state index in [1.54, 1.807) is 0 Å². The third-order valence-corrected chi connectivity index (χ3v) is 7.18. The predicted molar refractivity (Wildman–Crippen MR) is 55.2 cm³/mol. The SMILES string of the molecule is CO[Si](CCC(F)(F)F)(OC)O[SiH](C)C. The van der Waals surface area contributed by atoms with Crippen molar-refractivity contribution >= 4 is 17.8 Å². The molecule has 0 unspecified atom stereocenters. The fraction of sp³-hybridized carbons (Fsp3) is 1.00. The van der Waals surface area contributed by atoms with Gasteiger partial charge in [-0.3, -0.25) is 0 Å². The zero-order chi connectivity index (χ0) is 12.1. The molecule has 0 rings (SSSR count). The van der Waals surface area contributed by atoms with E-state index < -0.39 is 30.4 Å². The first kappa shape index (κ1) is 15.1. The van der Waals surface area contributed by atoms with E-state index in [9.17, 15) is 13.2 Å². The lowest BCUT2D eigenvalue weighted by Crippen LogP contribution is -2.47. The summed E-state index contributed by atoms with van der Waals surface area (Å²) >= 11 is 0. The highest BCUT2D eigenvalue weighted by molar-refractivity contribution is 6.70.